The van der Waals surface area contributed by atoms with Crippen LogP contribution in [-0.2, 0) is 9.53 Å². The lowest BCUT2D eigenvalue weighted by molar-refractivity contribution is -0.184. The first-order chi connectivity index (χ1) is 9.42. The highest BCUT2D eigenvalue weighted by Gasteiger charge is 2.71. The molecule has 0 radical (unpaired) electrons. The van der Waals surface area contributed by atoms with Gasteiger partial charge in [0, 0.05) is 24.5 Å². The van der Waals surface area contributed by atoms with Crippen molar-refractivity contribution in [2.24, 2.45) is 23.0 Å². The molecule has 0 aromatic carbocycles. The molecule has 1 saturated heterocycles. The van der Waals surface area contributed by atoms with Crippen LogP contribution in [0.5, 0.6) is 0 Å². The van der Waals surface area contributed by atoms with Crippen LogP contribution in [0.15, 0.2) is 0 Å². The summed E-state index contributed by atoms with van der Waals surface area (Å²) in [6.45, 7) is 5.92. The Morgan fingerprint density at radius 2 is 2.15 bits per heavy atom. The number of nitrogens with two attached hydrogens (primary N) is 1. The highest BCUT2D eigenvalue weighted by molar-refractivity contribution is 5.90. The molecule has 0 bridgehead atoms. The van der Waals surface area contributed by atoms with Gasteiger partial charge in [-0.2, -0.15) is 0 Å². The first-order valence-electron chi connectivity index (χ1n) is 7.56. The Hall–Kier alpha value is -1.05. The predicted octanol–water partition coefficient (Wildman–Crippen LogP) is 1.00. The van der Waals surface area contributed by atoms with Gasteiger partial charge in [-0.25, -0.2) is 0 Å². The zero-order valence-electron chi connectivity index (χ0n) is 12.4. The average Bonchev–Trinajstić information content (AvgIpc) is 3.09. The van der Waals surface area contributed by atoms with Crippen LogP contribution < -0.4 is 5.73 Å². The lowest BCUT2D eigenvalue weighted by Gasteiger charge is -2.61. The summed E-state index contributed by atoms with van der Waals surface area (Å²) >= 11 is 0. The fourth-order valence-corrected chi connectivity index (χ4v) is 4.02. The SMILES string of the molecule is C#CCN(CC1CC1)C(=O)C1(N)C2CCOC2C1(C)C. The van der Waals surface area contributed by atoms with Gasteiger partial charge in [-0.1, -0.05) is 19.8 Å². The maximum Gasteiger partial charge on any atom is 0.244 e. The van der Waals surface area contributed by atoms with Crippen molar-refractivity contribution in [1.82, 2.24) is 4.90 Å². The second-order valence-corrected chi connectivity index (χ2v) is 7.11. The Labute approximate surface area is 121 Å². The Morgan fingerprint density at radius 1 is 1.45 bits per heavy atom. The fourth-order valence-electron chi connectivity index (χ4n) is 4.02. The standard InChI is InChI=1S/C16H24N2O2/c1-4-8-18(10-11-5-6-11)14(19)16(17)12-7-9-20-13(12)15(16,2)3/h1,11-13H,5-10,17H2,2-3H3. The van der Waals surface area contributed by atoms with E-state index in [1.165, 1.54) is 12.8 Å². The van der Waals surface area contributed by atoms with Crippen molar-refractivity contribution in [3.63, 3.8) is 0 Å². The average molecular weight is 276 g/mol. The van der Waals surface area contributed by atoms with Gasteiger partial charge in [0.2, 0.25) is 5.91 Å². The molecule has 110 valence electrons. The smallest absolute Gasteiger partial charge is 0.244 e. The Balaban J connectivity index is 1.82. The molecule has 2 N–H and O–H groups in total. The number of hydrogen-bond donors (Lipinski definition) is 1. The first-order valence-corrected chi connectivity index (χ1v) is 7.56. The normalized spacial score (nSPS) is 37.7. The molecule has 3 unspecified atom stereocenters. The number of carbonyl (C=O) groups excluding carboxylic acids is 1. The summed E-state index contributed by atoms with van der Waals surface area (Å²) in [4.78, 5) is 14.8. The van der Waals surface area contributed by atoms with Gasteiger partial charge in [-0.05, 0) is 25.2 Å². The van der Waals surface area contributed by atoms with Crippen molar-refractivity contribution in [3.05, 3.63) is 0 Å². The van der Waals surface area contributed by atoms with E-state index in [0.717, 1.165) is 13.0 Å². The monoisotopic (exact) mass is 276 g/mol. The molecule has 4 nitrogen and oxygen atoms in total. The van der Waals surface area contributed by atoms with Crippen LogP contribution in [0.2, 0.25) is 0 Å². The van der Waals surface area contributed by atoms with Gasteiger partial charge in [-0.3, -0.25) is 4.79 Å². The van der Waals surface area contributed by atoms with E-state index in [0.29, 0.717) is 19.1 Å². The maximum atomic E-state index is 13.0. The number of carbonyl (C=O) groups is 1. The summed E-state index contributed by atoms with van der Waals surface area (Å²) in [5, 5.41) is 0. The number of ether oxygens (including phenoxy) is 1. The number of amides is 1. The summed E-state index contributed by atoms with van der Waals surface area (Å²) < 4.78 is 5.75. The summed E-state index contributed by atoms with van der Waals surface area (Å²) in [6, 6.07) is 0. The molecular weight excluding hydrogens is 252 g/mol. The van der Waals surface area contributed by atoms with Gasteiger partial charge in [0.25, 0.3) is 0 Å². The van der Waals surface area contributed by atoms with Crippen molar-refractivity contribution in [1.29, 1.82) is 0 Å². The van der Waals surface area contributed by atoms with Gasteiger partial charge in [-0.15, -0.1) is 6.42 Å². The number of nitrogens with zero attached hydrogens (tertiary/aromatic N) is 1. The topological polar surface area (TPSA) is 55.6 Å². The predicted molar refractivity (Wildman–Crippen MR) is 76.7 cm³/mol. The Morgan fingerprint density at radius 3 is 2.75 bits per heavy atom. The number of rotatable bonds is 4. The minimum Gasteiger partial charge on any atom is -0.377 e. The third-order valence-electron chi connectivity index (χ3n) is 5.55. The molecule has 4 heteroatoms. The largest absolute Gasteiger partial charge is 0.377 e. The molecule has 3 fully saturated rings. The third-order valence-corrected chi connectivity index (χ3v) is 5.55. The van der Waals surface area contributed by atoms with Gasteiger partial charge >= 0.3 is 0 Å². The molecule has 0 aromatic rings. The van der Waals surface area contributed by atoms with Crippen LogP contribution >= 0.6 is 0 Å². The lowest BCUT2D eigenvalue weighted by Crippen LogP contribution is -2.80. The molecule has 3 rings (SSSR count). The minimum atomic E-state index is -0.820. The Bertz CT molecular complexity index is 464. The van der Waals surface area contributed by atoms with E-state index in [2.05, 4.69) is 5.92 Å². The van der Waals surface area contributed by atoms with Crippen LogP contribution in [0.4, 0.5) is 0 Å². The molecule has 1 aliphatic heterocycles. The van der Waals surface area contributed by atoms with Crippen LogP contribution in [-0.4, -0.2) is 42.1 Å². The molecule has 20 heavy (non-hydrogen) atoms. The molecule has 1 amide bonds. The molecule has 0 spiro atoms. The molecule has 3 aliphatic rings. The second-order valence-electron chi connectivity index (χ2n) is 7.11. The molecule has 2 saturated carbocycles. The fraction of sp³-hybridized carbons (Fsp3) is 0.812. The molecule has 0 aromatic heterocycles. The van der Waals surface area contributed by atoms with E-state index >= 15 is 0 Å². The van der Waals surface area contributed by atoms with Gasteiger partial charge in [0.1, 0.15) is 5.54 Å². The van der Waals surface area contributed by atoms with Crippen molar-refractivity contribution < 1.29 is 9.53 Å². The quantitative estimate of drug-likeness (QED) is 0.779. The van der Waals surface area contributed by atoms with E-state index in [4.69, 9.17) is 16.9 Å². The van der Waals surface area contributed by atoms with Crippen molar-refractivity contribution in [2.45, 2.75) is 44.8 Å². The molecular formula is C16H24N2O2. The van der Waals surface area contributed by atoms with E-state index in [1.807, 2.05) is 13.8 Å². The van der Waals surface area contributed by atoms with Crippen LogP contribution in [0, 0.1) is 29.6 Å². The minimum absolute atomic E-state index is 0.0269. The number of terminal acetylenes is 1. The van der Waals surface area contributed by atoms with Gasteiger partial charge in [0.15, 0.2) is 0 Å². The third kappa shape index (κ3) is 1.73. The molecule has 2 aliphatic carbocycles. The van der Waals surface area contributed by atoms with E-state index < -0.39 is 5.54 Å². The zero-order valence-corrected chi connectivity index (χ0v) is 12.4. The second kappa shape index (κ2) is 4.47. The first kappa shape index (κ1) is 13.9. The Kier molecular flexibility index (Phi) is 3.11. The van der Waals surface area contributed by atoms with Crippen LogP contribution in [0.1, 0.15) is 33.1 Å². The highest BCUT2D eigenvalue weighted by atomic mass is 16.5. The van der Waals surface area contributed by atoms with E-state index in [1.54, 1.807) is 4.90 Å². The molecule has 1 heterocycles. The summed E-state index contributed by atoms with van der Waals surface area (Å²) in [7, 11) is 0. The van der Waals surface area contributed by atoms with Crippen LogP contribution in [0.3, 0.4) is 0 Å². The number of fused-ring (bicyclic) bond motifs is 1. The van der Waals surface area contributed by atoms with Gasteiger partial charge in [0.05, 0.1) is 12.6 Å². The zero-order chi connectivity index (χ0) is 14.5. The van der Waals surface area contributed by atoms with Crippen molar-refractivity contribution >= 4 is 5.91 Å². The number of hydrogen-bond acceptors (Lipinski definition) is 3. The highest BCUT2D eigenvalue weighted by Crippen LogP contribution is 2.58. The van der Waals surface area contributed by atoms with E-state index in [9.17, 15) is 4.79 Å². The lowest BCUT2D eigenvalue weighted by atomic mass is 9.47. The molecule has 3 atom stereocenters. The summed E-state index contributed by atoms with van der Waals surface area (Å²) in [6.07, 6.45) is 8.82. The summed E-state index contributed by atoms with van der Waals surface area (Å²) in [5.74, 6) is 3.40. The van der Waals surface area contributed by atoms with Crippen LogP contribution in [0.25, 0.3) is 0 Å². The maximum absolute atomic E-state index is 13.0. The van der Waals surface area contributed by atoms with Crippen molar-refractivity contribution in [2.75, 3.05) is 19.7 Å². The van der Waals surface area contributed by atoms with E-state index in [-0.39, 0.29) is 23.3 Å². The summed E-state index contributed by atoms with van der Waals surface area (Å²) in [5.41, 5.74) is 5.46. The van der Waals surface area contributed by atoms with Gasteiger partial charge < -0.3 is 15.4 Å². The van der Waals surface area contributed by atoms with Crippen molar-refractivity contribution in [3.8, 4) is 12.3 Å².